The Morgan fingerprint density at radius 2 is 1.32 bits per heavy atom. The van der Waals surface area contributed by atoms with Crippen molar-refractivity contribution in [3.05, 3.63) is 78.4 Å². The molecular weight excluding hydrogens is 350 g/mol. The molecule has 3 aromatic carbocycles. The Labute approximate surface area is 165 Å². The third kappa shape index (κ3) is 5.77. The zero-order valence-corrected chi connectivity index (χ0v) is 16.1. The lowest BCUT2D eigenvalue weighted by molar-refractivity contribution is -0.114. The zero-order valence-electron chi connectivity index (χ0n) is 16.1. The van der Waals surface area contributed by atoms with Crippen molar-refractivity contribution < 1.29 is 9.53 Å². The summed E-state index contributed by atoms with van der Waals surface area (Å²) in [5, 5.41) is 11.2. The molecule has 1 N–H and O–H groups in total. The summed E-state index contributed by atoms with van der Waals surface area (Å²) in [5.74, 6) is 1.46. The maximum absolute atomic E-state index is 11.0. The van der Waals surface area contributed by atoms with E-state index in [0.717, 1.165) is 35.7 Å². The van der Waals surface area contributed by atoms with Gasteiger partial charge < -0.3 is 10.1 Å². The molecule has 3 rings (SSSR count). The van der Waals surface area contributed by atoms with Crippen LogP contribution in [-0.2, 0) is 11.2 Å². The third-order valence-electron chi connectivity index (χ3n) is 4.00. The number of nitrogens with zero attached hydrogens (tertiary/aromatic N) is 2. The number of aryl methyl sites for hydroxylation is 1. The number of carbonyl (C=O) groups is 1. The highest BCUT2D eigenvalue weighted by atomic mass is 16.5. The lowest BCUT2D eigenvalue weighted by Gasteiger charge is -2.06. The average Bonchev–Trinajstić information content (AvgIpc) is 2.70. The van der Waals surface area contributed by atoms with Crippen LogP contribution in [0.1, 0.15) is 25.8 Å². The summed E-state index contributed by atoms with van der Waals surface area (Å²) in [6, 6.07) is 22.8. The van der Waals surface area contributed by atoms with Gasteiger partial charge in [-0.1, -0.05) is 25.5 Å². The summed E-state index contributed by atoms with van der Waals surface area (Å²) in [5.41, 5.74) is 3.49. The number of anilines is 1. The molecule has 0 radical (unpaired) electrons. The highest BCUT2D eigenvalue weighted by Gasteiger charge is 1.99. The van der Waals surface area contributed by atoms with Crippen LogP contribution in [0.25, 0.3) is 0 Å². The minimum absolute atomic E-state index is 0.103. The molecule has 0 aliphatic rings. The molecule has 5 nitrogen and oxygen atoms in total. The molecule has 0 spiro atoms. The molecule has 28 heavy (non-hydrogen) atoms. The summed E-state index contributed by atoms with van der Waals surface area (Å²) in [7, 11) is 0. The molecule has 0 aliphatic heterocycles. The molecule has 0 heterocycles. The van der Waals surface area contributed by atoms with Gasteiger partial charge in [-0.2, -0.15) is 10.2 Å². The van der Waals surface area contributed by atoms with E-state index in [1.54, 1.807) is 24.3 Å². The van der Waals surface area contributed by atoms with Crippen molar-refractivity contribution in [3.63, 3.8) is 0 Å². The minimum atomic E-state index is -0.103. The second kappa shape index (κ2) is 9.46. The third-order valence-corrected chi connectivity index (χ3v) is 4.00. The molecule has 1 amide bonds. The van der Waals surface area contributed by atoms with Crippen LogP contribution in [0.5, 0.6) is 11.5 Å². The molecular formula is C23H23N3O2. The number of rotatable bonds is 7. The number of amides is 1. The van der Waals surface area contributed by atoms with E-state index in [2.05, 4.69) is 34.6 Å². The van der Waals surface area contributed by atoms with Crippen molar-refractivity contribution in [1.82, 2.24) is 0 Å². The highest BCUT2D eigenvalue weighted by molar-refractivity contribution is 5.88. The van der Waals surface area contributed by atoms with E-state index in [-0.39, 0.29) is 5.91 Å². The highest BCUT2D eigenvalue weighted by Crippen LogP contribution is 2.26. The van der Waals surface area contributed by atoms with Gasteiger partial charge in [0.2, 0.25) is 5.91 Å². The Morgan fingerprint density at radius 1 is 0.821 bits per heavy atom. The molecule has 0 aromatic heterocycles. The lowest BCUT2D eigenvalue weighted by Crippen LogP contribution is -2.04. The van der Waals surface area contributed by atoms with E-state index in [1.165, 1.54) is 12.5 Å². The molecule has 0 bridgehead atoms. The number of hydrogen-bond acceptors (Lipinski definition) is 4. The molecule has 142 valence electrons. The van der Waals surface area contributed by atoms with Crippen molar-refractivity contribution in [1.29, 1.82) is 0 Å². The summed E-state index contributed by atoms with van der Waals surface area (Å²) in [6.45, 7) is 3.65. The molecule has 5 heteroatoms. The van der Waals surface area contributed by atoms with Gasteiger partial charge in [-0.25, -0.2) is 0 Å². The number of azo groups is 1. The number of carbonyl (C=O) groups excluding carboxylic acids is 1. The first-order valence-corrected chi connectivity index (χ1v) is 9.28. The first-order valence-electron chi connectivity index (χ1n) is 9.28. The molecule has 0 unspecified atom stereocenters. The van der Waals surface area contributed by atoms with Crippen LogP contribution in [0.4, 0.5) is 17.1 Å². The molecule has 0 atom stereocenters. The van der Waals surface area contributed by atoms with Crippen molar-refractivity contribution in [2.24, 2.45) is 10.2 Å². The van der Waals surface area contributed by atoms with Crippen LogP contribution >= 0.6 is 0 Å². The second-order valence-electron chi connectivity index (χ2n) is 6.42. The van der Waals surface area contributed by atoms with E-state index in [0.29, 0.717) is 5.69 Å². The van der Waals surface area contributed by atoms with Gasteiger partial charge in [0.25, 0.3) is 0 Å². The van der Waals surface area contributed by atoms with E-state index in [1.807, 2.05) is 36.4 Å². The normalized spacial score (nSPS) is 10.8. The van der Waals surface area contributed by atoms with Crippen LogP contribution < -0.4 is 10.1 Å². The number of nitrogens with one attached hydrogen (secondary N) is 1. The molecule has 0 saturated heterocycles. The van der Waals surface area contributed by atoms with Gasteiger partial charge in [0.1, 0.15) is 11.5 Å². The molecule has 3 aromatic rings. The van der Waals surface area contributed by atoms with Gasteiger partial charge >= 0.3 is 0 Å². The van der Waals surface area contributed by atoms with Crippen LogP contribution in [0.3, 0.4) is 0 Å². The second-order valence-corrected chi connectivity index (χ2v) is 6.42. The van der Waals surface area contributed by atoms with Crippen molar-refractivity contribution >= 4 is 23.0 Å². The summed E-state index contributed by atoms with van der Waals surface area (Å²) < 4.78 is 5.87. The van der Waals surface area contributed by atoms with Crippen molar-refractivity contribution in [3.8, 4) is 11.5 Å². The number of ether oxygens (including phenoxy) is 1. The quantitative estimate of drug-likeness (QED) is 0.463. The fourth-order valence-electron chi connectivity index (χ4n) is 2.66. The van der Waals surface area contributed by atoms with Crippen molar-refractivity contribution in [2.75, 3.05) is 5.32 Å². The number of benzene rings is 3. The monoisotopic (exact) mass is 373 g/mol. The predicted molar refractivity (Wildman–Crippen MR) is 112 cm³/mol. The van der Waals surface area contributed by atoms with E-state index in [4.69, 9.17) is 4.74 Å². The maximum Gasteiger partial charge on any atom is 0.221 e. The molecule has 0 aliphatic carbocycles. The SMILES string of the molecule is CCCc1ccc(Oc2ccc(/N=N/c3ccc(NC(C)=O)cc3)cc2)cc1. The Kier molecular flexibility index (Phi) is 6.52. The first kappa shape index (κ1) is 19.3. The van der Waals surface area contributed by atoms with E-state index in [9.17, 15) is 4.79 Å². The fourth-order valence-corrected chi connectivity index (χ4v) is 2.66. The zero-order chi connectivity index (χ0) is 19.8. The molecule has 0 fully saturated rings. The smallest absolute Gasteiger partial charge is 0.221 e. The Hall–Kier alpha value is -3.47. The van der Waals surface area contributed by atoms with E-state index >= 15 is 0 Å². The van der Waals surface area contributed by atoms with Crippen molar-refractivity contribution in [2.45, 2.75) is 26.7 Å². The molecule has 0 saturated carbocycles. The van der Waals surface area contributed by atoms with Crippen LogP contribution in [-0.4, -0.2) is 5.91 Å². The Bertz CT molecular complexity index is 931. The van der Waals surface area contributed by atoms with Gasteiger partial charge in [0.15, 0.2) is 0 Å². The lowest BCUT2D eigenvalue weighted by atomic mass is 10.1. The summed E-state index contributed by atoms with van der Waals surface area (Å²) in [6.07, 6.45) is 2.21. The standard InChI is InChI=1S/C23H23N3O2/c1-3-4-18-5-13-22(14-6-18)28-23-15-11-21(12-16-23)26-25-20-9-7-19(8-10-20)24-17(2)27/h5-16H,3-4H2,1-2H3,(H,24,27)/b26-25+. The minimum Gasteiger partial charge on any atom is -0.457 e. The fraction of sp³-hybridized carbons (Fsp3) is 0.174. The first-order chi connectivity index (χ1) is 13.6. The summed E-state index contributed by atoms with van der Waals surface area (Å²) >= 11 is 0. The van der Waals surface area contributed by atoms with Gasteiger partial charge in [-0.15, -0.1) is 0 Å². The number of hydrogen-bond donors (Lipinski definition) is 1. The van der Waals surface area contributed by atoms with Crippen LogP contribution in [0.15, 0.2) is 83.0 Å². The Balaban J connectivity index is 1.59. The average molecular weight is 373 g/mol. The summed E-state index contributed by atoms with van der Waals surface area (Å²) in [4.78, 5) is 11.0. The van der Waals surface area contributed by atoms with Crippen LogP contribution in [0, 0.1) is 0 Å². The van der Waals surface area contributed by atoms with Crippen LogP contribution in [0.2, 0.25) is 0 Å². The van der Waals surface area contributed by atoms with Gasteiger partial charge in [-0.05, 0) is 72.6 Å². The van der Waals surface area contributed by atoms with Gasteiger partial charge in [0.05, 0.1) is 11.4 Å². The largest absolute Gasteiger partial charge is 0.457 e. The van der Waals surface area contributed by atoms with Gasteiger partial charge in [-0.3, -0.25) is 4.79 Å². The Morgan fingerprint density at radius 3 is 1.82 bits per heavy atom. The van der Waals surface area contributed by atoms with E-state index < -0.39 is 0 Å². The predicted octanol–water partition coefficient (Wildman–Crippen LogP) is 6.81. The topological polar surface area (TPSA) is 63.1 Å². The maximum atomic E-state index is 11.0. The van der Waals surface area contributed by atoms with Gasteiger partial charge in [0, 0.05) is 12.6 Å².